The molecule has 0 bridgehead atoms. The molecular weight excluding hydrogens is 381 g/mol. The largest absolute Gasteiger partial charge is 0.417 e. The predicted octanol–water partition coefficient (Wildman–Crippen LogP) is 3.19. The van der Waals surface area contributed by atoms with Crippen LogP contribution in [0.4, 0.5) is 13.2 Å². The van der Waals surface area contributed by atoms with E-state index in [0.717, 1.165) is 12.1 Å². The van der Waals surface area contributed by atoms with E-state index >= 15 is 0 Å². The van der Waals surface area contributed by atoms with Gasteiger partial charge in [-0.1, -0.05) is 25.4 Å². The first-order valence-electron chi connectivity index (χ1n) is 7.50. The van der Waals surface area contributed by atoms with E-state index in [2.05, 4.69) is 10.0 Å². The molecule has 0 aromatic heterocycles. The maximum absolute atomic E-state index is 12.8. The highest BCUT2D eigenvalue weighted by Crippen LogP contribution is 2.35. The molecule has 0 aliphatic heterocycles. The van der Waals surface area contributed by atoms with E-state index in [0.29, 0.717) is 6.07 Å². The molecule has 2 N–H and O–H groups in total. The van der Waals surface area contributed by atoms with E-state index in [1.165, 1.54) is 0 Å². The van der Waals surface area contributed by atoms with Crippen LogP contribution in [-0.2, 0) is 21.0 Å². The molecule has 5 nitrogen and oxygen atoms in total. The first-order chi connectivity index (χ1) is 11.3. The summed E-state index contributed by atoms with van der Waals surface area (Å²) in [6.45, 7) is 5.43. The lowest BCUT2D eigenvalue weighted by Crippen LogP contribution is -2.38. The smallest absolute Gasteiger partial charge is 0.353 e. The Morgan fingerprint density at radius 1 is 1.24 bits per heavy atom. The number of carbonyl (C=O) groups excluding carboxylic acids is 1. The summed E-state index contributed by atoms with van der Waals surface area (Å²) in [4.78, 5) is 11.1. The van der Waals surface area contributed by atoms with Crippen LogP contribution in [0.25, 0.3) is 0 Å². The van der Waals surface area contributed by atoms with Crippen molar-refractivity contribution in [2.75, 3.05) is 6.54 Å². The fourth-order valence-corrected chi connectivity index (χ4v) is 3.05. The van der Waals surface area contributed by atoms with E-state index in [-0.39, 0.29) is 30.8 Å². The number of hydrogen-bond acceptors (Lipinski definition) is 3. The van der Waals surface area contributed by atoms with Crippen LogP contribution in [0.1, 0.15) is 32.8 Å². The number of carbonyl (C=O) groups is 1. The molecule has 0 saturated carbocycles. The van der Waals surface area contributed by atoms with E-state index < -0.39 is 31.7 Å². The van der Waals surface area contributed by atoms with Gasteiger partial charge >= 0.3 is 6.18 Å². The van der Waals surface area contributed by atoms with Crippen LogP contribution in [0, 0.1) is 5.92 Å². The Kier molecular flexibility index (Phi) is 7.28. The third-order valence-electron chi connectivity index (χ3n) is 3.59. The normalized spacial score (nSPS) is 13.8. The molecule has 0 aliphatic rings. The summed E-state index contributed by atoms with van der Waals surface area (Å²) in [6, 6.07) is 2.23. The first kappa shape index (κ1) is 21.7. The summed E-state index contributed by atoms with van der Waals surface area (Å²) in [5.41, 5.74) is -1.24. The third-order valence-corrected chi connectivity index (χ3v) is 5.37. The van der Waals surface area contributed by atoms with Crippen molar-refractivity contribution in [3.8, 4) is 0 Å². The van der Waals surface area contributed by atoms with Crippen molar-refractivity contribution in [3.63, 3.8) is 0 Å². The molecule has 1 aromatic rings. The van der Waals surface area contributed by atoms with E-state index in [4.69, 9.17) is 11.6 Å². The maximum Gasteiger partial charge on any atom is 0.417 e. The summed E-state index contributed by atoms with van der Waals surface area (Å²) in [5, 5.41) is 2.11. The minimum atomic E-state index is -4.77. The van der Waals surface area contributed by atoms with Crippen molar-refractivity contribution < 1.29 is 26.4 Å². The van der Waals surface area contributed by atoms with Gasteiger partial charge in [0, 0.05) is 19.0 Å². The number of hydrogen-bond donors (Lipinski definition) is 2. The zero-order valence-electron chi connectivity index (χ0n) is 13.9. The van der Waals surface area contributed by atoms with Crippen LogP contribution in [-0.4, -0.2) is 26.9 Å². The first-order valence-corrected chi connectivity index (χ1v) is 9.36. The average molecular weight is 401 g/mol. The molecule has 142 valence electrons. The number of alkyl halides is 3. The van der Waals surface area contributed by atoms with Gasteiger partial charge in [-0.2, -0.15) is 13.2 Å². The molecular formula is C15H20ClF3N2O3S. The Balaban J connectivity index is 2.75. The quantitative estimate of drug-likeness (QED) is 0.738. The lowest BCUT2D eigenvalue weighted by Gasteiger charge is -2.17. The Labute approximate surface area is 150 Å². The average Bonchev–Trinajstić information content (AvgIpc) is 2.45. The van der Waals surface area contributed by atoms with E-state index in [1.807, 2.05) is 20.8 Å². The highest BCUT2D eigenvalue weighted by atomic mass is 35.5. The van der Waals surface area contributed by atoms with E-state index in [1.54, 1.807) is 0 Å². The van der Waals surface area contributed by atoms with Gasteiger partial charge in [0.15, 0.2) is 0 Å². The van der Waals surface area contributed by atoms with Gasteiger partial charge in [0.1, 0.15) is 0 Å². The van der Waals surface area contributed by atoms with Gasteiger partial charge in [0.25, 0.3) is 0 Å². The van der Waals surface area contributed by atoms with Gasteiger partial charge in [-0.3, -0.25) is 4.79 Å². The van der Waals surface area contributed by atoms with Crippen molar-refractivity contribution in [1.82, 2.24) is 10.0 Å². The predicted molar refractivity (Wildman–Crippen MR) is 88.7 cm³/mol. The Morgan fingerprint density at radius 3 is 2.36 bits per heavy atom. The van der Waals surface area contributed by atoms with Crippen molar-refractivity contribution in [2.45, 2.75) is 44.3 Å². The van der Waals surface area contributed by atoms with Gasteiger partial charge in [-0.25, -0.2) is 13.1 Å². The van der Waals surface area contributed by atoms with Gasteiger partial charge in [-0.15, -0.1) is 0 Å². The highest BCUT2D eigenvalue weighted by Gasteiger charge is 2.34. The summed E-state index contributed by atoms with van der Waals surface area (Å²) < 4.78 is 64.7. The molecule has 0 fully saturated rings. The topological polar surface area (TPSA) is 75.3 Å². The molecule has 0 saturated heterocycles. The number of amides is 1. The fourth-order valence-electron chi connectivity index (χ4n) is 1.76. The van der Waals surface area contributed by atoms with Crippen LogP contribution in [0.2, 0.25) is 5.02 Å². The van der Waals surface area contributed by atoms with Crippen LogP contribution in [0.3, 0.4) is 0 Å². The van der Waals surface area contributed by atoms with Crippen LogP contribution in [0.15, 0.2) is 23.1 Å². The zero-order chi connectivity index (χ0) is 19.4. The van der Waals surface area contributed by atoms with Crippen molar-refractivity contribution in [1.29, 1.82) is 0 Å². The summed E-state index contributed by atoms with van der Waals surface area (Å²) in [7, 11) is -4.19. The van der Waals surface area contributed by atoms with Gasteiger partial charge in [-0.05, 0) is 31.0 Å². The molecule has 25 heavy (non-hydrogen) atoms. The third kappa shape index (κ3) is 6.48. The van der Waals surface area contributed by atoms with Crippen LogP contribution in [0.5, 0.6) is 0 Å². The number of rotatable bonds is 7. The molecule has 10 heteroatoms. The lowest BCUT2D eigenvalue weighted by atomic mass is 10.1. The molecule has 1 aromatic carbocycles. The zero-order valence-corrected chi connectivity index (χ0v) is 15.5. The molecule has 0 heterocycles. The minimum Gasteiger partial charge on any atom is -0.353 e. The summed E-state index contributed by atoms with van der Waals surface area (Å²) >= 11 is 5.46. The number of benzene rings is 1. The molecule has 0 spiro atoms. The molecule has 1 unspecified atom stereocenters. The summed E-state index contributed by atoms with van der Waals surface area (Å²) in [5.74, 6) is -0.133. The molecule has 0 aliphatic carbocycles. The molecule has 0 radical (unpaired) electrons. The number of sulfonamides is 1. The molecule has 1 amide bonds. The SMILES string of the molecule is CC(C)C(C)NC(=O)CCNS(=O)(=O)c1ccc(Cl)c(C(F)(F)F)c1. The second-order valence-electron chi connectivity index (χ2n) is 5.89. The van der Waals surface area contributed by atoms with Gasteiger partial charge in [0.05, 0.1) is 15.5 Å². The molecule has 1 rings (SSSR count). The number of halogens is 4. The minimum absolute atomic E-state index is 0.0743. The molecule has 1 atom stereocenters. The highest BCUT2D eigenvalue weighted by molar-refractivity contribution is 7.89. The Hall–Kier alpha value is -1.32. The fraction of sp³-hybridized carbons (Fsp3) is 0.533. The van der Waals surface area contributed by atoms with E-state index in [9.17, 15) is 26.4 Å². The second kappa shape index (κ2) is 8.37. The summed E-state index contributed by atoms with van der Waals surface area (Å²) in [6.07, 6.45) is -4.90. The Bertz CT molecular complexity index is 721. The van der Waals surface area contributed by atoms with Crippen molar-refractivity contribution >= 4 is 27.5 Å². The Morgan fingerprint density at radius 2 is 1.84 bits per heavy atom. The van der Waals surface area contributed by atoms with Crippen molar-refractivity contribution in [3.05, 3.63) is 28.8 Å². The van der Waals surface area contributed by atoms with Crippen molar-refractivity contribution in [2.24, 2.45) is 5.92 Å². The second-order valence-corrected chi connectivity index (χ2v) is 8.06. The maximum atomic E-state index is 12.8. The number of nitrogens with one attached hydrogen (secondary N) is 2. The monoisotopic (exact) mass is 400 g/mol. The van der Waals surface area contributed by atoms with Gasteiger partial charge < -0.3 is 5.32 Å². The standard InChI is InChI=1S/C15H20ClF3N2O3S/c1-9(2)10(3)21-14(22)6-7-20-25(23,24)11-4-5-13(16)12(8-11)15(17,18)19/h4-5,8-10,20H,6-7H2,1-3H3,(H,21,22). The van der Waals surface area contributed by atoms with Crippen LogP contribution >= 0.6 is 11.6 Å². The lowest BCUT2D eigenvalue weighted by molar-refractivity contribution is -0.137. The van der Waals surface area contributed by atoms with Crippen LogP contribution < -0.4 is 10.0 Å². The van der Waals surface area contributed by atoms with Gasteiger partial charge in [0.2, 0.25) is 15.9 Å².